The van der Waals surface area contributed by atoms with Gasteiger partial charge >= 0.3 is 0 Å². The highest BCUT2D eigenvalue weighted by Crippen LogP contribution is 2.37. The molecule has 2 heterocycles. The number of hydrogen-bond acceptors (Lipinski definition) is 4. The van der Waals surface area contributed by atoms with Gasteiger partial charge in [-0.05, 0) is 49.9 Å². The summed E-state index contributed by atoms with van der Waals surface area (Å²) in [4.78, 5) is 18.7. The lowest BCUT2D eigenvalue weighted by molar-refractivity contribution is 0.0996. The van der Waals surface area contributed by atoms with E-state index in [-0.39, 0.29) is 12.0 Å². The lowest BCUT2D eigenvalue weighted by Gasteiger charge is -2.20. The number of aromatic nitrogens is 1. The third-order valence-corrected chi connectivity index (χ3v) is 4.73. The molecule has 1 aliphatic heterocycles. The average Bonchev–Trinajstić information content (AvgIpc) is 3.23. The molecule has 0 bridgehead atoms. The van der Waals surface area contributed by atoms with Crippen molar-refractivity contribution in [1.29, 1.82) is 0 Å². The van der Waals surface area contributed by atoms with E-state index in [2.05, 4.69) is 4.98 Å². The lowest BCUT2D eigenvalue weighted by atomic mass is 10.2. The third-order valence-electron chi connectivity index (χ3n) is 4.73. The number of hydrogen-bond donors (Lipinski definition) is 0. The van der Waals surface area contributed by atoms with Gasteiger partial charge in [0.1, 0.15) is 0 Å². The first kappa shape index (κ1) is 15.0. The number of nitrogens with zero attached hydrogens (tertiary/aromatic N) is 2. The highest BCUT2D eigenvalue weighted by molar-refractivity contribution is 6.09. The number of carbonyl (C=O) groups excluding carboxylic acids is 1. The molecule has 5 nitrogen and oxygen atoms in total. The minimum atomic E-state index is -0.0184. The van der Waals surface area contributed by atoms with Crippen LogP contribution in [-0.4, -0.2) is 24.1 Å². The SMILES string of the molecule is COc1ccc(N2Cc3ncccc3C2=O)cc1OC1CCCC1. The van der Waals surface area contributed by atoms with Gasteiger partial charge in [0.15, 0.2) is 11.5 Å². The number of anilines is 1. The second kappa shape index (κ2) is 6.15. The molecule has 0 atom stereocenters. The number of rotatable bonds is 4. The fraction of sp³-hybridized carbons (Fsp3) is 0.368. The minimum absolute atomic E-state index is 0.0184. The Morgan fingerprint density at radius 3 is 2.75 bits per heavy atom. The van der Waals surface area contributed by atoms with Gasteiger partial charge in [-0.15, -0.1) is 0 Å². The standard InChI is InChI=1S/C19H20N2O3/c1-23-17-9-8-13(11-18(17)24-14-5-2-3-6-14)21-12-16-15(19(21)22)7-4-10-20-16/h4,7-11,14H,2-3,5-6,12H2,1H3. The highest BCUT2D eigenvalue weighted by Gasteiger charge is 2.30. The van der Waals surface area contributed by atoms with Gasteiger partial charge in [-0.3, -0.25) is 9.78 Å². The quantitative estimate of drug-likeness (QED) is 0.863. The molecule has 1 amide bonds. The van der Waals surface area contributed by atoms with Crippen LogP contribution in [0.5, 0.6) is 11.5 Å². The van der Waals surface area contributed by atoms with Crippen LogP contribution in [0.4, 0.5) is 5.69 Å². The first-order chi connectivity index (χ1) is 11.8. The fourth-order valence-corrected chi connectivity index (χ4v) is 3.45. The van der Waals surface area contributed by atoms with E-state index in [4.69, 9.17) is 9.47 Å². The second-order valence-corrected chi connectivity index (χ2v) is 6.25. The molecule has 1 saturated carbocycles. The normalized spacial score (nSPS) is 17.2. The Labute approximate surface area is 141 Å². The maximum Gasteiger partial charge on any atom is 0.260 e. The van der Waals surface area contributed by atoms with Crippen molar-refractivity contribution in [3.63, 3.8) is 0 Å². The highest BCUT2D eigenvalue weighted by atomic mass is 16.5. The molecule has 1 aromatic carbocycles. The lowest BCUT2D eigenvalue weighted by Crippen LogP contribution is -2.23. The zero-order valence-corrected chi connectivity index (χ0v) is 13.7. The number of methoxy groups -OCH3 is 1. The van der Waals surface area contributed by atoms with Gasteiger partial charge in [-0.1, -0.05) is 0 Å². The molecular weight excluding hydrogens is 304 g/mol. The van der Waals surface area contributed by atoms with Crippen molar-refractivity contribution in [3.8, 4) is 11.5 Å². The summed E-state index contributed by atoms with van der Waals surface area (Å²) >= 11 is 0. The van der Waals surface area contributed by atoms with Crippen molar-refractivity contribution in [3.05, 3.63) is 47.8 Å². The van der Waals surface area contributed by atoms with E-state index in [1.807, 2.05) is 24.3 Å². The Kier molecular flexibility index (Phi) is 3.84. The Bertz CT molecular complexity index is 769. The molecule has 0 spiro atoms. The third kappa shape index (κ3) is 2.60. The van der Waals surface area contributed by atoms with Gasteiger partial charge in [0.2, 0.25) is 0 Å². The molecule has 0 radical (unpaired) electrons. The van der Waals surface area contributed by atoms with Crippen molar-refractivity contribution in [2.24, 2.45) is 0 Å². The van der Waals surface area contributed by atoms with Crippen LogP contribution in [-0.2, 0) is 6.54 Å². The van der Waals surface area contributed by atoms with Crippen molar-refractivity contribution in [1.82, 2.24) is 4.98 Å². The van der Waals surface area contributed by atoms with Crippen LogP contribution < -0.4 is 14.4 Å². The Morgan fingerprint density at radius 2 is 2.00 bits per heavy atom. The van der Waals surface area contributed by atoms with E-state index in [0.29, 0.717) is 23.6 Å². The van der Waals surface area contributed by atoms with Gasteiger partial charge in [-0.2, -0.15) is 0 Å². The number of benzene rings is 1. The molecule has 1 aliphatic carbocycles. The average molecular weight is 324 g/mol. The van der Waals surface area contributed by atoms with Crippen LogP contribution in [0.25, 0.3) is 0 Å². The molecule has 1 fully saturated rings. The van der Waals surface area contributed by atoms with E-state index in [1.54, 1.807) is 24.3 Å². The van der Waals surface area contributed by atoms with E-state index >= 15 is 0 Å². The monoisotopic (exact) mass is 324 g/mol. The molecule has 0 saturated heterocycles. The first-order valence-corrected chi connectivity index (χ1v) is 8.36. The summed E-state index contributed by atoms with van der Waals surface area (Å²) in [5.74, 6) is 1.39. The predicted octanol–water partition coefficient (Wildman–Crippen LogP) is 3.57. The Balaban J connectivity index is 1.63. The summed E-state index contributed by atoms with van der Waals surface area (Å²) in [6.45, 7) is 0.490. The van der Waals surface area contributed by atoms with Crippen molar-refractivity contribution in [2.45, 2.75) is 38.3 Å². The number of carbonyl (C=O) groups is 1. The maximum absolute atomic E-state index is 12.6. The number of fused-ring (bicyclic) bond motifs is 1. The molecule has 5 heteroatoms. The number of ether oxygens (including phenoxy) is 2. The Morgan fingerprint density at radius 1 is 1.17 bits per heavy atom. The van der Waals surface area contributed by atoms with Crippen molar-refractivity contribution < 1.29 is 14.3 Å². The van der Waals surface area contributed by atoms with Crippen molar-refractivity contribution >= 4 is 11.6 Å². The maximum atomic E-state index is 12.6. The summed E-state index contributed by atoms with van der Waals surface area (Å²) in [7, 11) is 1.64. The van der Waals surface area contributed by atoms with Crippen LogP contribution >= 0.6 is 0 Å². The number of amides is 1. The summed E-state index contributed by atoms with van der Waals surface area (Å²) < 4.78 is 11.6. The topological polar surface area (TPSA) is 51.7 Å². The predicted molar refractivity (Wildman–Crippen MR) is 90.6 cm³/mol. The van der Waals surface area contributed by atoms with Crippen LogP contribution in [0.15, 0.2) is 36.5 Å². The molecule has 24 heavy (non-hydrogen) atoms. The molecule has 1 aromatic heterocycles. The van der Waals surface area contributed by atoms with Crippen LogP contribution in [0.1, 0.15) is 41.7 Å². The second-order valence-electron chi connectivity index (χ2n) is 6.25. The summed E-state index contributed by atoms with van der Waals surface area (Å²) in [6.07, 6.45) is 6.52. The molecule has 0 unspecified atom stereocenters. The van der Waals surface area contributed by atoms with Crippen LogP contribution in [0, 0.1) is 0 Å². The van der Waals surface area contributed by atoms with E-state index in [9.17, 15) is 4.79 Å². The van der Waals surface area contributed by atoms with Gasteiger partial charge in [0.25, 0.3) is 5.91 Å². The molecule has 4 rings (SSSR count). The molecule has 124 valence electrons. The van der Waals surface area contributed by atoms with E-state index < -0.39 is 0 Å². The summed E-state index contributed by atoms with van der Waals surface area (Å²) in [5.41, 5.74) is 2.30. The summed E-state index contributed by atoms with van der Waals surface area (Å²) in [6, 6.07) is 9.28. The first-order valence-electron chi connectivity index (χ1n) is 8.36. The fourth-order valence-electron chi connectivity index (χ4n) is 3.45. The largest absolute Gasteiger partial charge is 0.493 e. The van der Waals surface area contributed by atoms with Gasteiger partial charge in [0, 0.05) is 18.0 Å². The van der Waals surface area contributed by atoms with Gasteiger partial charge < -0.3 is 14.4 Å². The zero-order valence-electron chi connectivity index (χ0n) is 13.7. The van der Waals surface area contributed by atoms with Crippen molar-refractivity contribution in [2.75, 3.05) is 12.0 Å². The number of pyridine rings is 1. The van der Waals surface area contributed by atoms with Gasteiger partial charge in [-0.25, -0.2) is 0 Å². The van der Waals surface area contributed by atoms with E-state index in [0.717, 1.165) is 24.2 Å². The van der Waals surface area contributed by atoms with Crippen LogP contribution in [0.3, 0.4) is 0 Å². The summed E-state index contributed by atoms with van der Waals surface area (Å²) in [5, 5.41) is 0. The molecule has 2 aromatic rings. The Hall–Kier alpha value is -2.56. The zero-order chi connectivity index (χ0) is 16.5. The molecule has 2 aliphatic rings. The van der Waals surface area contributed by atoms with Crippen LogP contribution in [0.2, 0.25) is 0 Å². The molecular formula is C19H20N2O3. The van der Waals surface area contributed by atoms with Gasteiger partial charge in [0.05, 0.1) is 31.0 Å². The minimum Gasteiger partial charge on any atom is -0.493 e. The van der Waals surface area contributed by atoms with E-state index in [1.165, 1.54) is 12.8 Å². The smallest absolute Gasteiger partial charge is 0.260 e. The molecule has 0 N–H and O–H groups in total.